The number of rotatable bonds is 5. The Bertz CT molecular complexity index is 350. The number of aryl methyl sites for hydroxylation is 1. The minimum atomic E-state index is 0.209. The van der Waals surface area contributed by atoms with Crippen LogP contribution < -0.4 is 10.5 Å². The van der Waals surface area contributed by atoms with Gasteiger partial charge in [-0.3, -0.25) is 0 Å². The molecule has 2 unspecified atom stereocenters. The number of ether oxygens (including phenoxy) is 1. The fourth-order valence-electron chi connectivity index (χ4n) is 2.35. The summed E-state index contributed by atoms with van der Waals surface area (Å²) in [7, 11) is 1.73. The zero-order valence-electron chi connectivity index (χ0n) is 11.7. The zero-order valence-corrected chi connectivity index (χ0v) is 11.7. The first-order valence-electron chi connectivity index (χ1n) is 6.34. The molecule has 1 aromatic carbocycles. The van der Waals surface area contributed by atoms with Crippen molar-refractivity contribution in [2.45, 2.75) is 40.2 Å². The summed E-state index contributed by atoms with van der Waals surface area (Å²) in [5.74, 6) is 2.05. The van der Waals surface area contributed by atoms with E-state index in [1.54, 1.807) is 7.11 Å². The summed E-state index contributed by atoms with van der Waals surface area (Å²) in [6, 6.07) is 6.54. The van der Waals surface area contributed by atoms with Crippen molar-refractivity contribution >= 4 is 0 Å². The van der Waals surface area contributed by atoms with E-state index in [4.69, 9.17) is 10.5 Å². The maximum Gasteiger partial charge on any atom is 0.122 e. The van der Waals surface area contributed by atoms with Crippen LogP contribution in [-0.2, 0) is 6.42 Å². The Labute approximate surface area is 105 Å². The summed E-state index contributed by atoms with van der Waals surface area (Å²) >= 11 is 0. The molecule has 1 aromatic rings. The molecule has 0 aliphatic rings. The molecule has 2 heteroatoms. The summed E-state index contributed by atoms with van der Waals surface area (Å²) in [5, 5.41) is 0. The molecule has 17 heavy (non-hydrogen) atoms. The summed E-state index contributed by atoms with van der Waals surface area (Å²) in [6.45, 7) is 8.67. The highest BCUT2D eigenvalue weighted by Crippen LogP contribution is 2.27. The summed E-state index contributed by atoms with van der Waals surface area (Å²) in [5.41, 5.74) is 8.61. The Balaban J connectivity index is 2.95. The van der Waals surface area contributed by atoms with Crippen LogP contribution in [0.1, 0.15) is 31.9 Å². The van der Waals surface area contributed by atoms with Crippen molar-refractivity contribution < 1.29 is 4.74 Å². The summed E-state index contributed by atoms with van der Waals surface area (Å²) in [6.07, 6.45) is 0.986. The lowest BCUT2D eigenvalue weighted by atomic mass is 9.84. The SMILES string of the molecule is COc1ccc(C)cc1CC(C(C)C)C(C)N. The van der Waals surface area contributed by atoms with E-state index in [0.29, 0.717) is 11.8 Å². The van der Waals surface area contributed by atoms with Crippen molar-refractivity contribution in [1.82, 2.24) is 0 Å². The van der Waals surface area contributed by atoms with E-state index in [1.165, 1.54) is 11.1 Å². The monoisotopic (exact) mass is 235 g/mol. The molecule has 0 aliphatic carbocycles. The van der Waals surface area contributed by atoms with Crippen molar-refractivity contribution in [1.29, 1.82) is 0 Å². The number of methoxy groups -OCH3 is 1. The molecule has 0 saturated carbocycles. The molecule has 0 saturated heterocycles. The summed E-state index contributed by atoms with van der Waals surface area (Å²) < 4.78 is 5.42. The van der Waals surface area contributed by atoms with Gasteiger partial charge in [0.1, 0.15) is 5.75 Å². The van der Waals surface area contributed by atoms with Gasteiger partial charge in [0.2, 0.25) is 0 Å². The van der Waals surface area contributed by atoms with Gasteiger partial charge in [0.05, 0.1) is 7.11 Å². The van der Waals surface area contributed by atoms with Crippen molar-refractivity contribution in [3.05, 3.63) is 29.3 Å². The van der Waals surface area contributed by atoms with Crippen LogP contribution in [0.2, 0.25) is 0 Å². The van der Waals surface area contributed by atoms with E-state index in [-0.39, 0.29) is 6.04 Å². The fraction of sp³-hybridized carbons (Fsp3) is 0.600. The van der Waals surface area contributed by atoms with Crippen LogP contribution in [0.5, 0.6) is 5.75 Å². The van der Waals surface area contributed by atoms with E-state index in [9.17, 15) is 0 Å². The van der Waals surface area contributed by atoms with Crippen LogP contribution in [0.15, 0.2) is 18.2 Å². The third-order valence-electron chi connectivity index (χ3n) is 3.42. The Morgan fingerprint density at radius 3 is 2.35 bits per heavy atom. The van der Waals surface area contributed by atoms with Gasteiger partial charge in [-0.2, -0.15) is 0 Å². The quantitative estimate of drug-likeness (QED) is 0.851. The van der Waals surface area contributed by atoms with Gasteiger partial charge in [0, 0.05) is 6.04 Å². The van der Waals surface area contributed by atoms with Crippen LogP contribution in [0.3, 0.4) is 0 Å². The van der Waals surface area contributed by atoms with Gasteiger partial charge in [-0.1, -0.05) is 31.5 Å². The van der Waals surface area contributed by atoms with Crippen LogP contribution in [-0.4, -0.2) is 13.2 Å². The average molecular weight is 235 g/mol. The smallest absolute Gasteiger partial charge is 0.122 e. The van der Waals surface area contributed by atoms with Gasteiger partial charge in [0.25, 0.3) is 0 Å². The maximum absolute atomic E-state index is 6.07. The number of hydrogen-bond acceptors (Lipinski definition) is 2. The first-order chi connectivity index (χ1) is 7.95. The number of benzene rings is 1. The highest BCUT2D eigenvalue weighted by atomic mass is 16.5. The largest absolute Gasteiger partial charge is 0.496 e. The predicted octanol–water partition coefficient (Wildman–Crippen LogP) is 3.17. The molecule has 0 aromatic heterocycles. The van der Waals surface area contributed by atoms with Crippen LogP contribution >= 0.6 is 0 Å². The van der Waals surface area contributed by atoms with Crippen molar-refractivity contribution in [2.75, 3.05) is 7.11 Å². The van der Waals surface area contributed by atoms with Crippen molar-refractivity contribution in [3.8, 4) is 5.75 Å². The third kappa shape index (κ3) is 3.74. The van der Waals surface area contributed by atoms with E-state index in [1.807, 2.05) is 6.07 Å². The highest BCUT2D eigenvalue weighted by Gasteiger charge is 2.20. The molecular formula is C15H25NO. The van der Waals surface area contributed by atoms with Gasteiger partial charge >= 0.3 is 0 Å². The standard InChI is InChI=1S/C15H25NO/c1-10(2)14(12(4)16)9-13-8-11(3)6-7-15(13)17-5/h6-8,10,12,14H,9,16H2,1-5H3. The van der Waals surface area contributed by atoms with Crippen LogP contribution in [0.25, 0.3) is 0 Å². The average Bonchev–Trinajstić information content (AvgIpc) is 2.25. The second-order valence-corrected chi connectivity index (χ2v) is 5.29. The molecule has 0 aliphatic heterocycles. The molecule has 0 amide bonds. The minimum absolute atomic E-state index is 0.209. The molecule has 1 rings (SSSR count). The maximum atomic E-state index is 6.07. The van der Waals surface area contributed by atoms with Gasteiger partial charge in [-0.25, -0.2) is 0 Å². The zero-order chi connectivity index (χ0) is 13.0. The fourth-order valence-corrected chi connectivity index (χ4v) is 2.35. The van der Waals surface area contributed by atoms with Gasteiger partial charge < -0.3 is 10.5 Å². The molecule has 0 radical (unpaired) electrons. The van der Waals surface area contributed by atoms with E-state index in [2.05, 4.69) is 39.8 Å². The molecule has 2 N–H and O–H groups in total. The van der Waals surface area contributed by atoms with Gasteiger partial charge in [0.15, 0.2) is 0 Å². The van der Waals surface area contributed by atoms with Crippen molar-refractivity contribution in [2.24, 2.45) is 17.6 Å². The number of nitrogens with two attached hydrogens (primary N) is 1. The van der Waals surface area contributed by atoms with Crippen molar-refractivity contribution in [3.63, 3.8) is 0 Å². The molecule has 2 nitrogen and oxygen atoms in total. The Hall–Kier alpha value is -1.02. The lowest BCUT2D eigenvalue weighted by Gasteiger charge is -2.25. The molecule has 2 atom stereocenters. The Morgan fingerprint density at radius 2 is 1.88 bits per heavy atom. The van der Waals surface area contributed by atoms with Crippen LogP contribution in [0.4, 0.5) is 0 Å². The van der Waals surface area contributed by atoms with Crippen LogP contribution in [0, 0.1) is 18.8 Å². The highest BCUT2D eigenvalue weighted by molar-refractivity contribution is 5.37. The van der Waals surface area contributed by atoms with Gasteiger partial charge in [-0.05, 0) is 43.7 Å². The number of hydrogen-bond donors (Lipinski definition) is 1. The second kappa shape index (κ2) is 6.06. The van der Waals surface area contributed by atoms with E-state index in [0.717, 1.165) is 12.2 Å². The molecule has 0 spiro atoms. The Morgan fingerprint density at radius 1 is 1.24 bits per heavy atom. The lowest BCUT2D eigenvalue weighted by molar-refractivity contribution is 0.323. The predicted molar refractivity (Wildman–Crippen MR) is 73.4 cm³/mol. The Kier molecular flexibility index (Phi) is 5.01. The van der Waals surface area contributed by atoms with Gasteiger partial charge in [-0.15, -0.1) is 0 Å². The summed E-state index contributed by atoms with van der Waals surface area (Å²) in [4.78, 5) is 0. The molecule has 0 bridgehead atoms. The second-order valence-electron chi connectivity index (χ2n) is 5.29. The molecule has 0 fully saturated rings. The topological polar surface area (TPSA) is 35.2 Å². The van der Waals surface area contributed by atoms with E-state index < -0.39 is 0 Å². The first-order valence-corrected chi connectivity index (χ1v) is 6.34. The molecule has 96 valence electrons. The molecule has 0 heterocycles. The normalized spacial score (nSPS) is 14.8. The molecular weight excluding hydrogens is 210 g/mol. The van der Waals surface area contributed by atoms with E-state index >= 15 is 0 Å². The lowest BCUT2D eigenvalue weighted by Crippen LogP contribution is -2.32. The third-order valence-corrected chi connectivity index (χ3v) is 3.42. The minimum Gasteiger partial charge on any atom is -0.496 e. The first kappa shape index (κ1) is 14.0.